The molecule has 4 N–H and O–H groups in total. The fraction of sp³-hybridized carbons (Fsp3) is 0.500. The molecule has 0 saturated carbocycles. The van der Waals surface area contributed by atoms with E-state index in [9.17, 15) is 13.5 Å². The molecule has 0 radical (unpaired) electrons. The number of aliphatic hydroxyl groups excluding tert-OH is 1. The Morgan fingerprint density at radius 3 is 2.88 bits per heavy atom. The largest absolute Gasteiger partial charge is 0.393 e. The van der Waals surface area contributed by atoms with Crippen LogP contribution in [0.2, 0.25) is 0 Å². The van der Waals surface area contributed by atoms with E-state index >= 15 is 0 Å². The van der Waals surface area contributed by atoms with Crippen molar-refractivity contribution in [3.05, 3.63) is 18.3 Å². The lowest BCUT2D eigenvalue weighted by atomic mass is 10.2. The molecule has 0 aliphatic carbocycles. The molecule has 96 valence electrons. The van der Waals surface area contributed by atoms with Gasteiger partial charge in [-0.05, 0) is 25.0 Å². The fourth-order valence-electron chi connectivity index (χ4n) is 1.27. The first-order valence-electron chi connectivity index (χ1n) is 5.35. The van der Waals surface area contributed by atoms with Gasteiger partial charge in [-0.15, -0.1) is 0 Å². The third-order valence-corrected chi connectivity index (χ3v) is 3.84. The number of nitrogens with two attached hydrogens (primary N) is 1. The molecule has 0 fully saturated rings. The van der Waals surface area contributed by atoms with Crippen molar-refractivity contribution >= 4 is 15.8 Å². The lowest BCUT2D eigenvalue weighted by Crippen LogP contribution is -2.28. The number of pyridine rings is 1. The Balaban J connectivity index is 2.67. The van der Waals surface area contributed by atoms with Gasteiger partial charge in [-0.3, -0.25) is 0 Å². The molecular weight excluding hydrogens is 242 g/mol. The molecule has 1 rings (SSSR count). The first-order valence-corrected chi connectivity index (χ1v) is 6.84. The Morgan fingerprint density at radius 1 is 1.59 bits per heavy atom. The van der Waals surface area contributed by atoms with Crippen molar-refractivity contribution < 1.29 is 13.5 Å². The van der Waals surface area contributed by atoms with Crippen LogP contribution < -0.4 is 10.5 Å². The summed E-state index contributed by atoms with van der Waals surface area (Å²) in [7, 11) is -3.64. The van der Waals surface area contributed by atoms with Gasteiger partial charge in [0.2, 0.25) is 10.0 Å². The maximum Gasteiger partial charge on any atom is 0.244 e. The number of aliphatic hydroxyl groups is 1. The summed E-state index contributed by atoms with van der Waals surface area (Å²) in [5.74, 6) is -0.0314. The zero-order valence-electron chi connectivity index (χ0n) is 9.63. The van der Waals surface area contributed by atoms with Crippen molar-refractivity contribution in [3.8, 4) is 0 Å². The summed E-state index contributed by atoms with van der Waals surface area (Å²) in [5, 5.41) is 9.31. The predicted octanol–water partition coefficient (Wildman–Crippen LogP) is 0.103. The van der Waals surface area contributed by atoms with E-state index in [4.69, 9.17) is 5.73 Å². The summed E-state index contributed by atoms with van der Waals surface area (Å²) in [4.78, 5) is 3.68. The molecule has 0 saturated heterocycles. The van der Waals surface area contributed by atoms with E-state index in [1.165, 1.54) is 18.3 Å². The number of nitrogen functional groups attached to an aromatic ring is 1. The highest BCUT2D eigenvalue weighted by molar-refractivity contribution is 7.89. The zero-order chi connectivity index (χ0) is 12.9. The molecule has 1 aromatic heterocycles. The number of nitrogens with one attached hydrogen (secondary N) is 1. The Bertz CT molecular complexity index is 462. The van der Waals surface area contributed by atoms with Crippen LogP contribution in [0.25, 0.3) is 0 Å². The molecular formula is C10H17N3O3S. The standard InChI is InChI=1S/C10H17N3O3S/c1-2-8(14)5-7-13-17(15,16)9-4-3-6-12-10(9)11/h3-4,6,8,13-14H,2,5,7H2,1H3,(H2,11,12). The highest BCUT2D eigenvalue weighted by Gasteiger charge is 2.17. The lowest BCUT2D eigenvalue weighted by molar-refractivity contribution is 0.162. The number of hydrogen-bond acceptors (Lipinski definition) is 5. The fourth-order valence-corrected chi connectivity index (χ4v) is 2.40. The predicted molar refractivity (Wildman–Crippen MR) is 64.8 cm³/mol. The van der Waals surface area contributed by atoms with E-state index < -0.39 is 16.1 Å². The summed E-state index contributed by atoms with van der Waals surface area (Å²) in [6.45, 7) is 2.00. The normalized spacial score (nSPS) is 13.5. The minimum absolute atomic E-state index is 0.0314. The Morgan fingerprint density at radius 2 is 2.29 bits per heavy atom. The summed E-state index contributed by atoms with van der Waals surface area (Å²) in [6, 6.07) is 2.90. The van der Waals surface area contributed by atoms with E-state index in [2.05, 4.69) is 9.71 Å². The van der Waals surface area contributed by atoms with E-state index in [1.807, 2.05) is 6.92 Å². The van der Waals surface area contributed by atoms with Crippen LogP contribution in [0.15, 0.2) is 23.2 Å². The van der Waals surface area contributed by atoms with Crippen LogP contribution >= 0.6 is 0 Å². The van der Waals surface area contributed by atoms with Gasteiger partial charge >= 0.3 is 0 Å². The second kappa shape index (κ2) is 5.95. The van der Waals surface area contributed by atoms with Crippen molar-refractivity contribution in [1.29, 1.82) is 0 Å². The summed E-state index contributed by atoms with van der Waals surface area (Å²) >= 11 is 0. The summed E-state index contributed by atoms with van der Waals surface area (Å²) < 4.78 is 26.0. The number of nitrogens with zero attached hydrogens (tertiary/aromatic N) is 1. The maximum absolute atomic E-state index is 11.8. The third kappa shape index (κ3) is 3.95. The van der Waals surface area contributed by atoms with Crippen molar-refractivity contribution in [2.24, 2.45) is 0 Å². The molecule has 1 aromatic rings. The van der Waals surface area contributed by atoms with Crippen LogP contribution in [0.3, 0.4) is 0 Å². The van der Waals surface area contributed by atoms with Crippen LogP contribution in [0.5, 0.6) is 0 Å². The first-order chi connectivity index (χ1) is 7.97. The summed E-state index contributed by atoms with van der Waals surface area (Å²) in [5.41, 5.74) is 5.48. The Kier molecular flexibility index (Phi) is 4.86. The average Bonchev–Trinajstić information content (AvgIpc) is 2.28. The van der Waals surface area contributed by atoms with E-state index in [0.717, 1.165) is 0 Å². The second-order valence-electron chi connectivity index (χ2n) is 3.64. The molecule has 0 bridgehead atoms. The van der Waals surface area contributed by atoms with Crippen molar-refractivity contribution in [2.45, 2.75) is 30.8 Å². The molecule has 0 spiro atoms. The van der Waals surface area contributed by atoms with Crippen LogP contribution in [-0.2, 0) is 10.0 Å². The number of aromatic nitrogens is 1. The molecule has 1 heterocycles. The molecule has 0 amide bonds. The number of sulfonamides is 1. The van der Waals surface area contributed by atoms with Gasteiger partial charge in [0.1, 0.15) is 10.7 Å². The molecule has 1 atom stereocenters. The van der Waals surface area contributed by atoms with E-state index in [0.29, 0.717) is 12.8 Å². The molecule has 1 unspecified atom stereocenters. The SMILES string of the molecule is CCC(O)CCNS(=O)(=O)c1cccnc1N. The van der Waals surface area contributed by atoms with Crippen LogP contribution in [0.4, 0.5) is 5.82 Å². The smallest absolute Gasteiger partial charge is 0.244 e. The molecule has 7 heteroatoms. The van der Waals surface area contributed by atoms with Crippen molar-refractivity contribution in [3.63, 3.8) is 0 Å². The average molecular weight is 259 g/mol. The number of anilines is 1. The van der Waals surface area contributed by atoms with Gasteiger partial charge in [-0.2, -0.15) is 0 Å². The maximum atomic E-state index is 11.8. The third-order valence-electron chi connectivity index (χ3n) is 2.33. The number of hydrogen-bond donors (Lipinski definition) is 3. The highest BCUT2D eigenvalue weighted by Crippen LogP contribution is 2.13. The van der Waals surface area contributed by atoms with Gasteiger partial charge in [-0.25, -0.2) is 18.1 Å². The van der Waals surface area contributed by atoms with Gasteiger partial charge in [0.25, 0.3) is 0 Å². The molecule has 0 aromatic carbocycles. The lowest BCUT2D eigenvalue weighted by Gasteiger charge is -2.10. The van der Waals surface area contributed by atoms with Crippen LogP contribution in [-0.4, -0.2) is 31.2 Å². The van der Waals surface area contributed by atoms with Gasteiger partial charge in [-0.1, -0.05) is 6.92 Å². The molecule has 0 aliphatic heterocycles. The summed E-state index contributed by atoms with van der Waals surface area (Å²) in [6.07, 6.45) is 1.89. The van der Waals surface area contributed by atoms with E-state index in [1.54, 1.807) is 0 Å². The van der Waals surface area contributed by atoms with Crippen molar-refractivity contribution in [2.75, 3.05) is 12.3 Å². The Hall–Kier alpha value is -1.18. The number of rotatable bonds is 6. The van der Waals surface area contributed by atoms with Crippen LogP contribution in [0, 0.1) is 0 Å². The Labute approximate surface area is 101 Å². The quantitative estimate of drug-likeness (QED) is 0.672. The van der Waals surface area contributed by atoms with E-state index in [-0.39, 0.29) is 17.3 Å². The van der Waals surface area contributed by atoms with Gasteiger partial charge in [0, 0.05) is 12.7 Å². The monoisotopic (exact) mass is 259 g/mol. The molecule has 17 heavy (non-hydrogen) atoms. The minimum Gasteiger partial charge on any atom is -0.393 e. The zero-order valence-corrected chi connectivity index (χ0v) is 10.4. The molecule has 6 nitrogen and oxygen atoms in total. The van der Waals surface area contributed by atoms with Crippen molar-refractivity contribution in [1.82, 2.24) is 9.71 Å². The second-order valence-corrected chi connectivity index (χ2v) is 5.37. The first kappa shape index (κ1) is 13.9. The van der Waals surface area contributed by atoms with Crippen LogP contribution in [0.1, 0.15) is 19.8 Å². The minimum atomic E-state index is -3.64. The molecule has 0 aliphatic rings. The highest BCUT2D eigenvalue weighted by atomic mass is 32.2. The van der Waals surface area contributed by atoms with Gasteiger partial charge in [0.05, 0.1) is 6.10 Å². The van der Waals surface area contributed by atoms with Gasteiger partial charge < -0.3 is 10.8 Å². The van der Waals surface area contributed by atoms with Gasteiger partial charge in [0.15, 0.2) is 0 Å². The topological polar surface area (TPSA) is 105 Å².